The molecule has 0 radical (unpaired) electrons. The van der Waals surface area contributed by atoms with E-state index >= 15 is 0 Å². The molecule has 1 atom stereocenters. The van der Waals surface area contributed by atoms with Gasteiger partial charge >= 0.3 is 5.97 Å². The molecule has 1 N–H and O–H groups in total. The first kappa shape index (κ1) is 23.0. The summed E-state index contributed by atoms with van der Waals surface area (Å²) in [5.74, 6) is -0.319. The van der Waals surface area contributed by atoms with Crippen molar-refractivity contribution in [3.8, 4) is 39.3 Å². The maximum atomic E-state index is 12.1. The Balaban J connectivity index is 1.74. The van der Waals surface area contributed by atoms with E-state index in [1.807, 2.05) is 54.6 Å². The molecule has 174 valence electrons. The number of halogens is 1. The standard InChI is InChI=1S/C29H22BrNO4/c1-16(32)19-8-12-25(31-15-19)22-4-3-5-23-24(22)14-27(35-17(2)33)29-21(11-13-26(34)28(23)29)18-6-9-20(30)10-7-18/h3-13,15,27,34H,14H2,1-2H3. The number of phenolic OH excluding ortho intramolecular Hbond substituents is 1. The quantitative estimate of drug-likeness (QED) is 0.230. The van der Waals surface area contributed by atoms with Gasteiger partial charge in [-0.2, -0.15) is 0 Å². The van der Waals surface area contributed by atoms with Gasteiger partial charge in [0.2, 0.25) is 0 Å². The zero-order valence-electron chi connectivity index (χ0n) is 19.2. The van der Waals surface area contributed by atoms with Gasteiger partial charge in [0.15, 0.2) is 5.78 Å². The van der Waals surface area contributed by atoms with E-state index in [0.717, 1.165) is 37.9 Å². The van der Waals surface area contributed by atoms with Gasteiger partial charge in [-0.25, -0.2) is 0 Å². The number of nitrogens with zero attached hydrogens (tertiary/aromatic N) is 1. The normalized spacial score (nSPS) is 14.1. The maximum absolute atomic E-state index is 12.1. The summed E-state index contributed by atoms with van der Waals surface area (Å²) in [6.45, 7) is 2.90. The van der Waals surface area contributed by atoms with Crippen molar-refractivity contribution in [3.05, 3.63) is 94.1 Å². The minimum Gasteiger partial charge on any atom is -0.507 e. The maximum Gasteiger partial charge on any atom is 0.303 e. The van der Waals surface area contributed by atoms with E-state index < -0.39 is 12.1 Å². The van der Waals surface area contributed by atoms with Crippen LogP contribution in [0, 0.1) is 0 Å². The molecule has 5 rings (SSSR count). The molecular weight excluding hydrogens is 506 g/mol. The van der Waals surface area contributed by atoms with Crippen LogP contribution < -0.4 is 0 Å². The summed E-state index contributed by atoms with van der Waals surface area (Å²) in [5, 5.41) is 11.0. The van der Waals surface area contributed by atoms with Crippen LogP contribution in [0.15, 0.2) is 77.4 Å². The molecule has 0 fully saturated rings. The number of hydrogen-bond acceptors (Lipinski definition) is 5. The smallest absolute Gasteiger partial charge is 0.303 e. The number of aromatic nitrogens is 1. The Kier molecular flexibility index (Phi) is 5.99. The summed E-state index contributed by atoms with van der Waals surface area (Å²) in [7, 11) is 0. The molecule has 5 nitrogen and oxygen atoms in total. The second-order valence-corrected chi connectivity index (χ2v) is 9.47. The van der Waals surface area contributed by atoms with Crippen LogP contribution >= 0.6 is 15.9 Å². The molecule has 0 spiro atoms. The second kappa shape index (κ2) is 9.12. The van der Waals surface area contributed by atoms with E-state index in [9.17, 15) is 14.7 Å². The molecule has 1 aliphatic carbocycles. The second-order valence-electron chi connectivity index (χ2n) is 8.55. The Morgan fingerprint density at radius 1 is 0.943 bits per heavy atom. The van der Waals surface area contributed by atoms with Crippen molar-refractivity contribution in [1.29, 1.82) is 0 Å². The van der Waals surface area contributed by atoms with Gasteiger partial charge in [-0.3, -0.25) is 14.6 Å². The summed E-state index contributed by atoms with van der Waals surface area (Å²) in [5.41, 5.74) is 7.21. The number of ether oxygens (including phenoxy) is 1. The lowest BCUT2D eigenvalue weighted by molar-refractivity contribution is -0.146. The number of phenols is 1. The predicted octanol–water partition coefficient (Wildman–Crippen LogP) is 6.91. The van der Waals surface area contributed by atoms with Crippen LogP contribution in [0.3, 0.4) is 0 Å². The Hall–Kier alpha value is -3.77. The van der Waals surface area contributed by atoms with Crippen LogP contribution in [0.25, 0.3) is 33.5 Å². The number of hydrogen-bond donors (Lipinski definition) is 1. The fourth-order valence-electron chi connectivity index (χ4n) is 4.74. The van der Waals surface area contributed by atoms with E-state index in [1.54, 1.807) is 18.3 Å². The van der Waals surface area contributed by atoms with Crippen molar-refractivity contribution in [1.82, 2.24) is 4.98 Å². The first-order valence-electron chi connectivity index (χ1n) is 11.2. The third kappa shape index (κ3) is 4.26. The third-order valence-corrected chi connectivity index (χ3v) is 6.82. The summed E-state index contributed by atoms with van der Waals surface area (Å²) in [4.78, 5) is 28.3. The lowest BCUT2D eigenvalue weighted by Crippen LogP contribution is -2.18. The Morgan fingerprint density at radius 2 is 1.69 bits per heavy atom. The van der Waals surface area contributed by atoms with Crippen LogP contribution in [0.1, 0.15) is 41.4 Å². The molecule has 1 unspecified atom stereocenters. The Labute approximate surface area is 211 Å². The highest BCUT2D eigenvalue weighted by Crippen LogP contribution is 2.50. The van der Waals surface area contributed by atoms with Crippen LogP contribution in [0.4, 0.5) is 0 Å². The minimum atomic E-state index is -0.585. The van der Waals surface area contributed by atoms with Crippen LogP contribution in [-0.2, 0) is 16.0 Å². The molecule has 0 aliphatic heterocycles. The number of Topliss-reactive ketones (excluding diaryl/α,β-unsaturated/α-hetero) is 1. The minimum absolute atomic E-state index is 0.0478. The van der Waals surface area contributed by atoms with Crippen molar-refractivity contribution >= 4 is 27.7 Å². The number of pyridine rings is 1. The SMILES string of the molecule is CC(=O)OC1Cc2c(-c3ccc(C(C)=O)cn3)cccc2-c2c(O)ccc(-c3ccc(Br)cc3)c21. The molecule has 0 saturated carbocycles. The fourth-order valence-corrected chi connectivity index (χ4v) is 5.00. The molecule has 1 heterocycles. The number of rotatable bonds is 4. The average Bonchev–Trinajstić information content (AvgIpc) is 2.84. The topological polar surface area (TPSA) is 76.5 Å². The molecule has 6 heteroatoms. The van der Waals surface area contributed by atoms with Crippen LogP contribution in [-0.4, -0.2) is 21.8 Å². The van der Waals surface area contributed by atoms with Crippen LogP contribution in [0.2, 0.25) is 0 Å². The van der Waals surface area contributed by atoms with Gasteiger partial charge in [-0.15, -0.1) is 0 Å². The van der Waals surface area contributed by atoms with Crippen molar-refractivity contribution in [2.24, 2.45) is 0 Å². The van der Waals surface area contributed by atoms with Gasteiger partial charge in [-0.1, -0.05) is 52.3 Å². The highest BCUT2D eigenvalue weighted by atomic mass is 79.9. The fraction of sp³-hybridized carbons (Fsp3) is 0.138. The van der Waals surface area contributed by atoms with Crippen molar-refractivity contribution in [2.75, 3.05) is 0 Å². The molecule has 0 saturated heterocycles. The van der Waals surface area contributed by atoms with Gasteiger partial charge in [-0.05, 0) is 59.5 Å². The van der Waals surface area contributed by atoms with Gasteiger partial charge < -0.3 is 9.84 Å². The zero-order chi connectivity index (χ0) is 24.7. The summed E-state index contributed by atoms with van der Waals surface area (Å²) < 4.78 is 6.79. The lowest BCUT2D eigenvalue weighted by atomic mass is 9.77. The molecule has 1 aliphatic rings. The summed E-state index contributed by atoms with van der Waals surface area (Å²) in [6.07, 6.45) is 1.42. The van der Waals surface area contributed by atoms with E-state index in [0.29, 0.717) is 23.2 Å². The van der Waals surface area contributed by atoms with Crippen molar-refractivity contribution in [3.63, 3.8) is 0 Å². The molecule has 0 amide bonds. The molecule has 4 aromatic rings. The highest BCUT2D eigenvalue weighted by molar-refractivity contribution is 9.10. The van der Waals surface area contributed by atoms with E-state index in [2.05, 4.69) is 20.9 Å². The molecular formula is C29H22BrNO4. The monoisotopic (exact) mass is 527 g/mol. The van der Waals surface area contributed by atoms with Gasteiger partial charge in [0.05, 0.1) is 5.69 Å². The molecule has 35 heavy (non-hydrogen) atoms. The van der Waals surface area contributed by atoms with Gasteiger partial charge in [0.1, 0.15) is 11.9 Å². The van der Waals surface area contributed by atoms with Gasteiger partial charge in [0.25, 0.3) is 0 Å². The highest BCUT2D eigenvalue weighted by Gasteiger charge is 2.33. The number of carbonyl (C=O) groups excluding carboxylic acids is 2. The summed E-state index contributed by atoms with van der Waals surface area (Å²) in [6, 6.07) is 20.9. The number of carbonyl (C=O) groups is 2. The zero-order valence-corrected chi connectivity index (χ0v) is 20.8. The Morgan fingerprint density at radius 3 is 2.34 bits per heavy atom. The van der Waals surface area contributed by atoms with Crippen molar-refractivity contribution in [2.45, 2.75) is 26.4 Å². The number of aromatic hydroxyl groups is 1. The molecule has 1 aromatic heterocycles. The lowest BCUT2D eigenvalue weighted by Gasteiger charge is -2.31. The van der Waals surface area contributed by atoms with Crippen molar-refractivity contribution < 1.29 is 19.4 Å². The van der Waals surface area contributed by atoms with E-state index in [4.69, 9.17) is 4.74 Å². The largest absolute Gasteiger partial charge is 0.507 e. The summed E-state index contributed by atoms with van der Waals surface area (Å²) >= 11 is 3.48. The first-order chi connectivity index (χ1) is 16.8. The van der Waals surface area contributed by atoms with Crippen LogP contribution in [0.5, 0.6) is 5.75 Å². The number of fused-ring (bicyclic) bond motifs is 3. The Bertz CT molecular complexity index is 1460. The molecule has 3 aromatic carbocycles. The number of esters is 1. The average molecular weight is 528 g/mol. The third-order valence-electron chi connectivity index (χ3n) is 6.29. The number of ketones is 1. The first-order valence-corrected chi connectivity index (χ1v) is 12.0. The predicted molar refractivity (Wildman–Crippen MR) is 138 cm³/mol. The van der Waals surface area contributed by atoms with E-state index in [1.165, 1.54) is 13.8 Å². The molecule has 0 bridgehead atoms. The number of benzene rings is 3. The van der Waals surface area contributed by atoms with E-state index in [-0.39, 0.29) is 11.5 Å². The van der Waals surface area contributed by atoms with Gasteiger partial charge in [0, 0.05) is 46.3 Å².